The van der Waals surface area contributed by atoms with Crippen molar-refractivity contribution in [3.8, 4) is 0 Å². The van der Waals surface area contributed by atoms with Crippen molar-refractivity contribution >= 4 is 79.5 Å². The van der Waals surface area contributed by atoms with E-state index in [0.717, 1.165) is 21.9 Å². The van der Waals surface area contributed by atoms with E-state index < -0.39 is 20.2 Å². The van der Waals surface area contributed by atoms with Gasteiger partial charge >= 0.3 is 37.7 Å². The molecule has 0 N–H and O–H groups in total. The number of hydrogen-bond donors (Lipinski definition) is 0. The molecule has 0 amide bonds. The average molecular weight is 511 g/mol. The Labute approximate surface area is 224 Å². The second-order valence-electron chi connectivity index (χ2n) is 7.16. The van der Waals surface area contributed by atoms with E-state index in [1.54, 1.807) is 12.1 Å². The van der Waals surface area contributed by atoms with E-state index in [1.165, 1.54) is 12.1 Å². The van der Waals surface area contributed by atoms with Gasteiger partial charge in [-0.3, -0.25) is 0 Å². The fourth-order valence-corrected chi connectivity index (χ4v) is 5.26. The van der Waals surface area contributed by atoms with Crippen LogP contribution in [0.2, 0.25) is 0 Å². The molecule has 0 bridgehead atoms. The zero-order valence-electron chi connectivity index (χ0n) is 18.3. The summed E-state index contributed by atoms with van der Waals surface area (Å²) in [6.07, 6.45) is 1.40. The van der Waals surface area contributed by atoms with E-state index in [9.17, 15) is 25.9 Å². The van der Waals surface area contributed by atoms with Crippen molar-refractivity contribution in [3.63, 3.8) is 0 Å². The van der Waals surface area contributed by atoms with Crippen LogP contribution in [-0.2, 0) is 33.1 Å². The first-order valence-electron chi connectivity index (χ1n) is 10.0. The summed E-state index contributed by atoms with van der Waals surface area (Å²) in [4.78, 5) is -0.245. The van der Waals surface area contributed by atoms with Crippen LogP contribution >= 0.6 is 0 Å². The minimum Gasteiger partial charge on any atom is -0.744 e. The Hall–Kier alpha value is -1.52. The first-order chi connectivity index (χ1) is 15.1. The van der Waals surface area contributed by atoms with Gasteiger partial charge in [-0.15, -0.1) is 0 Å². The number of rotatable bonds is 4. The van der Waals surface area contributed by atoms with Gasteiger partial charge in [0.15, 0.2) is 0 Å². The summed E-state index contributed by atoms with van der Waals surface area (Å²) in [7, 11) is -8.82. The molecule has 4 rings (SSSR count). The van der Waals surface area contributed by atoms with Gasteiger partial charge in [0.1, 0.15) is 20.2 Å². The molecule has 0 heterocycles. The molecule has 0 aliphatic carbocycles. The van der Waals surface area contributed by atoms with Crippen LogP contribution in [0.4, 0.5) is 0 Å². The molecular weight excluding hydrogens is 488 g/mol. The van der Waals surface area contributed by atoms with Gasteiger partial charge in [-0.05, 0) is 46.9 Å². The molecule has 168 valence electrons. The van der Waals surface area contributed by atoms with E-state index in [2.05, 4.69) is 0 Å². The summed E-state index contributed by atoms with van der Waals surface area (Å²) in [6, 6.07) is 20.6. The topological polar surface area (TPSA) is 114 Å². The second-order valence-corrected chi connectivity index (χ2v) is 9.85. The average Bonchev–Trinajstić information content (AvgIpc) is 2.76. The van der Waals surface area contributed by atoms with Gasteiger partial charge in [-0.1, -0.05) is 74.5 Å². The smallest absolute Gasteiger partial charge is 0.744 e. The molecular formula is C24H22CaO6S2. The van der Waals surface area contributed by atoms with Gasteiger partial charge in [-0.2, -0.15) is 0 Å². The summed E-state index contributed by atoms with van der Waals surface area (Å²) in [5, 5.41) is 2.69. The Morgan fingerprint density at radius 3 is 1.15 bits per heavy atom. The third-order valence-electron chi connectivity index (χ3n) is 5.21. The molecule has 0 aliphatic heterocycles. The van der Waals surface area contributed by atoms with Crippen LogP contribution in [0.1, 0.15) is 25.0 Å². The standard InChI is InChI=1S/2C12H12O3S.Ca/c2*1-2-9-5-3-6-10-7-4-8-11(12(9)10)16(13,14)15;/h2*3-8H,2H2,1H3,(H,13,14,15);/q;;+2/p-2. The number of hydrogen-bond acceptors (Lipinski definition) is 6. The van der Waals surface area contributed by atoms with Crippen LogP contribution in [0, 0.1) is 0 Å². The van der Waals surface area contributed by atoms with Crippen LogP contribution in [0.15, 0.2) is 82.6 Å². The molecule has 33 heavy (non-hydrogen) atoms. The fourth-order valence-electron chi connectivity index (χ4n) is 3.77. The number of benzene rings is 4. The molecule has 0 saturated heterocycles. The first-order valence-corrected chi connectivity index (χ1v) is 12.8. The van der Waals surface area contributed by atoms with Gasteiger partial charge in [0.2, 0.25) is 0 Å². The van der Waals surface area contributed by atoms with Crippen LogP contribution in [0.25, 0.3) is 21.5 Å². The maximum atomic E-state index is 11.2. The molecule has 0 aliphatic rings. The van der Waals surface area contributed by atoms with Gasteiger partial charge < -0.3 is 9.11 Å². The van der Waals surface area contributed by atoms with E-state index in [0.29, 0.717) is 23.6 Å². The molecule has 0 spiro atoms. The quantitative estimate of drug-likeness (QED) is 0.300. The molecule has 6 nitrogen and oxygen atoms in total. The normalized spacial score (nSPS) is 11.5. The Kier molecular flexibility index (Phi) is 9.47. The van der Waals surface area contributed by atoms with E-state index in [-0.39, 0.29) is 47.5 Å². The minimum atomic E-state index is -4.41. The van der Waals surface area contributed by atoms with Crippen molar-refractivity contribution < 1.29 is 25.9 Å². The zero-order chi connectivity index (χ0) is 23.5. The van der Waals surface area contributed by atoms with Gasteiger partial charge in [0.05, 0.1) is 9.79 Å². The van der Waals surface area contributed by atoms with Crippen LogP contribution in [-0.4, -0.2) is 63.7 Å². The van der Waals surface area contributed by atoms with Crippen molar-refractivity contribution in [2.75, 3.05) is 0 Å². The predicted octanol–water partition coefficient (Wildman–Crippen LogP) is 4.23. The summed E-state index contributed by atoms with van der Waals surface area (Å²) in [5.41, 5.74) is 1.76. The number of aryl methyl sites for hydroxylation is 2. The first kappa shape index (κ1) is 27.7. The van der Waals surface area contributed by atoms with Gasteiger partial charge in [0, 0.05) is 10.8 Å². The molecule has 0 atom stereocenters. The zero-order valence-corrected chi connectivity index (χ0v) is 22.2. The Morgan fingerprint density at radius 2 is 0.879 bits per heavy atom. The van der Waals surface area contributed by atoms with Crippen molar-refractivity contribution in [1.29, 1.82) is 0 Å². The van der Waals surface area contributed by atoms with Crippen molar-refractivity contribution in [3.05, 3.63) is 83.9 Å². The predicted molar refractivity (Wildman–Crippen MR) is 128 cm³/mol. The molecule has 0 saturated carbocycles. The van der Waals surface area contributed by atoms with Crippen LogP contribution in [0.5, 0.6) is 0 Å². The van der Waals surface area contributed by atoms with Crippen LogP contribution < -0.4 is 0 Å². The monoisotopic (exact) mass is 510 g/mol. The van der Waals surface area contributed by atoms with E-state index in [1.807, 2.05) is 62.4 Å². The minimum absolute atomic E-state index is 0. The maximum absolute atomic E-state index is 11.2. The Morgan fingerprint density at radius 1 is 0.576 bits per heavy atom. The third-order valence-corrected chi connectivity index (χ3v) is 6.96. The van der Waals surface area contributed by atoms with Gasteiger partial charge in [0.25, 0.3) is 0 Å². The molecule has 4 aromatic carbocycles. The van der Waals surface area contributed by atoms with Crippen molar-refractivity contribution in [2.45, 2.75) is 36.5 Å². The molecule has 0 fully saturated rings. The Bertz CT molecular complexity index is 1370. The van der Waals surface area contributed by atoms with E-state index >= 15 is 0 Å². The summed E-state index contributed by atoms with van der Waals surface area (Å²) >= 11 is 0. The van der Waals surface area contributed by atoms with Crippen molar-refractivity contribution in [1.82, 2.24) is 0 Å². The van der Waals surface area contributed by atoms with E-state index in [4.69, 9.17) is 0 Å². The van der Waals surface area contributed by atoms with Crippen molar-refractivity contribution in [2.24, 2.45) is 0 Å². The molecule has 0 radical (unpaired) electrons. The SMILES string of the molecule is CCc1cccc2cccc(S(=O)(=O)[O-])c12.CCc1cccc2cccc(S(=O)(=O)[O-])c12.[Ca+2]. The maximum Gasteiger partial charge on any atom is 2.00 e. The van der Waals surface area contributed by atoms with Crippen LogP contribution in [0.3, 0.4) is 0 Å². The number of fused-ring (bicyclic) bond motifs is 2. The van der Waals surface area contributed by atoms with Gasteiger partial charge in [-0.25, -0.2) is 16.8 Å². The summed E-state index contributed by atoms with van der Waals surface area (Å²) < 4.78 is 67.0. The summed E-state index contributed by atoms with van der Waals surface area (Å²) in [5.74, 6) is 0. The fraction of sp³-hybridized carbons (Fsp3) is 0.167. The molecule has 0 unspecified atom stereocenters. The third kappa shape index (κ3) is 6.33. The molecule has 0 aromatic heterocycles. The second kappa shape index (κ2) is 11.3. The largest absolute Gasteiger partial charge is 2.00 e. The molecule has 4 aromatic rings. The molecule has 9 heteroatoms. The Balaban J connectivity index is 0.000000227. The summed E-state index contributed by atoms with van der Waals surface area (Å²) in [6.45, 7) is 3.87.